The SMILES string of the molecule is C=CC=C(C(N)=O)C1=C(C#CC)C([N+](=C)Cc2cccc(N)c2)[N+](=C)C=N1. The van der Waals surface area contributed by atoms with Crippen molar-refractivity contribution in [1.82, 2.24) is 0 Å². The van der Waals surface area contributed by atoms with Gasteiger partial charge in [0.1, 0.15) is 6.72 Å². The molecule has 4 N–H and O–H groups in total. The quantitative estimate of drug-likeness (QED) is 0.201. The number of hydrogen-bond donors (Lipinski definition) is 2. The highest BCUT2D eigenvalue weighted by Gasteiger charge is 2.39. The summed E-state index contributed by atoms with van der Waals surface area (Å²) < 4.78 is 3.44. The molecule has 1 heterocycles. The molecule has 1 aromatic rings. The Morgan fingerprint density at radius 2 is 2.22 bits per heavy atom. The fraction of sp³-hybridized carbons (Fsp3) is 0.143. The second-order valence-corrected chi connectivity index (χ2v) is 5.94. The zero-order valence-electron chi connectivity index (χ0n) is 15.4. The van der Waals surface area contributed by atoms with E-state index in [1.54, 1.807) is 16.1 Å². The summed E-state index contributed by atoms with van der Waals surface area (Å²) >= 11 is 0. The van der Waals surface area contributed by atoms with Crippen LogP contribution in [-0.2, 0) is 11.3 Å². The number of carbonyl (C=O) groups is 1. The molecule has 0 radical (unpaired) electrons. The van der Waals surface area contributed by atoms with Gasteiger partial charge in [-0.2, -0.15) is 9.15 Å². The van der Waals surface area contributed by atoms with Gasteiger partial charge in [-0.05, 0) is 30.1 Å². The molecule has 2 rings (SSSR count). The van der Waals surface area contributed by atoms with Crippen molar-refractivity contribution < 1.29 is 13.9 Å². The molecule has 0 spiro atoms. The molecule has 6 heteroatoms. The molecule has 0 aromatic heterocycles. The van der Waals surface area contributed by atoms with Crippen molar-refractivity contribution in [1.29, 1.82) is 0 Å². The monoisotopic (exact) mass is 361 g/mol. The Balaban J connectivity index is 2.53. The normalized spacial score (nSPS) is 16.6. The maximum Gasteiger partial charge on any atom is 0.332 e. The van der Waals surface area contributed by atoms with Gasteiger partial charge in [0, 0.05) is 11.3 Å². The van der Waals surface area contributed by atoms with Crippen LogP contribution in [0.2, 0.25) is 0 Å². The van der Waals surface area contributed by atoms with Crippen molar-refractivity contribution in [3.8, 4) is 11.8 Å². The minimum absolute atomic E-state index is 0.231. The van der Waals surface area contributed by atoms with Gasteiger partial charge in [-0.3, -0.25) is 4.79 Å². The zero-order chi connectivity index (χ0) is 20.0. The lowest BCUT2D eigenvalue weighted by molar-refractivity contribution is -0.722. The first-order valence-corrected chi connectivity index (χ1v) is 8.23. The number of hydrogen-bond acceptors (Lipinski definition) is 3. The van der Waals surface area contributed by atoms with E-state index in [2.05, 4.69) is 36.8 Å². The molecule has 1 aromatic carbocycles. The molecule has 0 bridgehead atoms. The topological polar surface area (TPSA) is 87.5 Å². The van der Waals surface area contributed by atoms with Gasteiger partial charge in [-0.1, -0.05) is 30.7 Å². The van der Waals surface area contributed by atoms with Gasteiger partial charge in [0.05, 0.1) is 12.3 Å². The summed E-state index contributed by atoms with van der Waals surface area (Å²) in [5.41, 5.74) is 14.3. The van der Waals surface area contributed by atoms with Crippen LogP contribution in [0.25, 0.3) is 0 Å². The van der Waals surface area contributed by atoms with Crippen LogP contribution in [0.4, 0.5) is 5.69 Å². The third-order valence-electron chi connectivity index (χ3n) is 3.91. The van der Waals surface area contributed by atoms with E-state index in [4.69, 9.17) is 11.5 Å². The maximum absolute atomic E-state index is 11.9. The highest BCUT2D eigenvalue weighted by molar-refractivity contribution is 5.97. The number of primary amides is 1. The van der Waals surface area contributed by atoms with Crippen LogP contribution >= 0.6 is 0 Å². The minimum Gasteiger partial charge on any atom is -0.399 e. The number of amides is 1. The Kier molecular flexibility index (Phi) is 6.23. The van der Waals surface area contributed by atoms with Crippen molar-refractivity contribution in [2.45, 2.75) is 19.6 Å². The summed E-state index contributed by atoms with van der Waals surface area (Å²) in [6.45, 7) is 14.0. The molecule has 1 aliphatic heterocycles. The first-order chi connectivity index (χ1) is 12.9. The van der Waals surface area contributed by atoms with Crippen LogP contribution in [0.15, 0.2) is 64.8 Å². The molecule has 6 nitrogen and oxygen atoms in total. The minimum atomic E-state index is -0.611. The van der Waals surface area contributed by atoms with E-state index in [0.717, 1.165) is 5.56 Å². The summed E-state index contributed by atoms with van der Waals surface area (Å²) in [7, 11) is 0. The van der Waals surface area contributed by atoms with Crippen molar-refractivity contribution in [3.05, 3.63) is 65.4 Å². The highest BCUT2D eigenvalue weighted by Crippen LogP contribution is 2.24. The zero-order valence-corrected chi connectivity index (χ0v) is 15.4. The van der Waals surface area contributed by atoms with Crippen LogP contribution in [-0.4, -0.2) is 41.0 Å². The molecular formula is C21H23N5O+2. The smallest absolute Gasteiger partial charge is 0.332 e. The van der Waals surface area contributed by atoms with Gasteiger partial charge in [-0.25, -0.2) is 0 Å². The fourth-order valence-electron chi connectivity index (χ4n) is 2.83. The van der Waals surface area contributed by atoms with Gasteiger partial charge in [0.15, 0.2) is 12.1 Å². The predicted molar refractivity (Wildman–Crippen MR) is 110 cm³/mol. The number of carbonyl (C=O) groups excluding carboxylic acids is 1. The van der Waals surface area contributed by atoms with Crippen molar-refractivity contribution in [2.75, 3.05) is 5.73 Å². The highest BCUT2D eigenvalue weighted by atomic mass is 16.1. The van der Waals surface area contributed by atoms with Crippen molar-refractivity contribution >= 4 is 31.4 Å². The van der Waals surface area contributed by atoms with Crippen LogP contribution in [0.1, 0.15) is 12.5 Å². The number of benzene rings is 1. The van der Waals surface area contributed by atoms with E-state index < -0.39 is 12.1 Å². The molecule has 1 amide bonds. The van der Waals surface area contributed by atoms with Crippen LogP contribution < -0.4 is 11.5 Å². The molecule has 1 unspecified atom stereocenters. The number of nitrogens with zero attached hydrogens (tertiary/aromatic N) is 3. The molecule has 136 valence electrons. The van der Waals surface area contributed by atoms with E-state index in [1.165, 1.54) is 18.5 Å². The number of rotatable bonds is 6. The molecule has 0 saturated heterocycles. The molecule has 1 atom stereocenters. The summed E-state index contributed by atoms with van der Waals surface area (Å²) in [6.07, 6.45) is 4.10. The van der Waals surface area contributed by atoms with Crippen molar-refractivity contribution in [3.63, 3.8) is 0 Å². The van der Waals surface area contributed by atoms with Gasteiger partial charge in [0.2, 0.25) is 5.70 Å². The summed E-state index contributed by atoms with van der Waals surface area (Å²) in [6, 6.07) is 7.55. The largest absolute Gasteiger partial charge is 0.399 e. The Morgan fingerprint density at radius 3 is 2.81 bits per heavy atom. The lowest BCUT2D eigenvalue weighted by Gasteiger charge is -2.17. The maximum atomic E-state index is 11.9. The predicted octanol–water partition coefficient (Wildman–Crippen LogP) is 1.44. The molecular weight excluding hydrogens is 338 g/mol. The Labute approximate surface area is 159 Å². The number of aliphatic imine (C=N–C) groups is 1. The van der Waals surface area contributed by atoms with Gasteiger partial charge in [-0.15, -0.1) is 5.92 Å². The van der Waals surface area contributed by atoms with Crippen LogP contribution in [0, 0.1) is 11.8 Å². The standard InChI is InChI=1S/C21H22N5O/c1-5-8-17(20(23)27)19-18(9-6-2)21(26(4)14-24-19)25(3)13-15-10-7-11-16(22)12-15/h5,7-8,10-12,14,21H,1,3-4,13,22H2,2H3,(H-,23,27)/q+1/p+1. The summed E-state index contributed by atoms with van der Waals surface area (Å²) in [4.78, 5) is 16.2. The molecule has 0 saturated carbocycles. The number of nitrogens with two attached hydrogens (primary N) is 2. The Bertz CT molecular complexity index is 970. The molecule has 27 heavy (non-hydrogen) atoms. The van der Waals surface area contributed by atoms with E-state index in [9.17, 15) is 4.79 Å². The molecule has 0 aliphatic carbocycles. The summed E-state index contributed by atoms with van der Waals surface area (Å²) in [5, 5.41) is 0. The first-order valence-electron chi connectivity index (χ1n) is 8.23. The Morgan fingerprint density at radius 1 is 1.48 bits per heavy atom. The number of nitrogen functional groups attached to an aromatic ring is 1. The van der Waals surface area contributed by atoms with Gasteiger partial charge >= 0.3 is 6.17 Å². The van der Waals surface area contributed by atoms with Gasteiger partial charge < -0.3 is 11.5 Å². The Hall–Kier alpha value is -3.72. The van der Waals surface area contributed by atoms with E-state index in [-0.39, 0.29) is 5.57 Å². The number of anilines is 1. The van der Waals surface area contributed by atoms with E-state index in [1.807, 2.05) is 24.3 Å². The summed E-state index contributed by atoms with van der Waals surface area (Å²) in [5.74, 6) is 5.29. The lowest BCUT2D eigenvalue weighted by Crippen LogP contribution is -2.40. The van der Waals surface area contributed by atoms with Crippen LogP contribution in [0.3, 0.4) is 0 Å². The first kappa shape index (κ1) is 19.6. The third-order valence-corrected chi connectivity index (χ3v) is 3.91. The average Bonchev–Trinajstić information content (AvgIpc) is 2.60. The fourth-order valence-corrected chi connectivity index (χ4v) is 2.83. The van der Waals surface area contributed by atoms with E-state index in [0.29, 0.717) is 23.5 Å². The van der Waals surface area contributed by atoms with Gasteiger partial charge in [0.25, 0.3) is 12.2 Å². The number of allylic oxidation sites excluding steroid dienone is 2. The molecule has 1 aliphatic rings. The van der Waals surface area contributed by atoms with E-state index >= 15 is 0 Å². The lowest BCUT2D eigenvalue weighted by atomic mass is 10.0. The second-order valence-electron chi connectivity index (χ2n) is 5.94. The average molecular weight is 361 g/mol. The van der Waals surface area contributed by atoms with Crippen molar-refractivity contribution in [2.24, 2.45) is 10.7 Å². The van der Waals surface area contributed by atoms with Crippen LogP contribution in [0.5, 0.6) is 0 Å². The molecule has 0 fully saturated rings. The third kappa shape index (κ3) is 4.47. The second kappa shape index (κ2) is 8.59.